The fraction of sp³-hybridized carbons (Fsp3) is 0.412. The average Bonchev–Trinajstić information content (AvgIpc) is 3.11. The van der Waals surface area contributed by atoms with Gasteiger partial charge in [-0.2, -0.15) is 9.57 Å². The van der Waals surface area contributed by atoms with Crippen molar-refractivity contribution in [3.63, 3.8) is 0 Å². The number of hydrogen-bond acceptors (Lipinski definition) is 7. The van der Waals surface area contributed by atoms with Crippen LogP contribution in [0.5, 0.6) is 0 Å². The molecule has 0 spiro atoms. The minimum atomic E-state index is -4.25. The third kappa shape index (κ3) is 4.37. The number of rotatable bonds is 7. The average molecular weight is 395 g/mol. The van der Waals surface area contributed by atoms with E-state index < -0.39 is 51.1 Å². The van der Waals surface area contributed by atoms with Crippen LogP contribution in [0.25, 0.3) is 0 Å². The van der Waals surface area contributed by atoms with Gasteiger partial charge in [-0.25, -0.2) is 12.8 Å². The predicted octanol–water partition coefficient (Wildman–Crippen LogP) is 1.27. The van der Waals surface area contributed by atoms with Gasteiger partial charge in [0.25, 0.3) is 0 Å². The molecule has 1 N–H and O–H groups in total. The monoisotopic (exact) mass is 395 g/mol. The van der Waals surface area contributed by atoms with Crippen LogP contribution in [0, 0.1) is 28.5 Å². The van der Waals surface area contributed by atoms with Gasteiger partial charge in [-0.05, 0) is 31.9 Å². The van der Waals surface area contributed by atoms with Crippen LogP contribution in [-0.2, 0) is 24.3 Å². The van der Waals surface area contributed by atoms with Crippen molar-refractivity contribution in [3.05, 3.63) is 30.1 Å². The van der Waals surface area contributed by atoms with Crippen molar-refractivity contribution in [1.82, 2.24) is 4.31 Å². The van der Waals surface area contributed by atoms with Gasteiger partial charge >= 0.3 is 5.97 Å². The number of benzene rings is 1. The second-order valence-electron chi connectivity index (χ2n) is 6.02. The SMILES string of the molecule is CC(=N)C(C#N)C(=O)COC(=O)[C@@H]1CCCN1S(=O)(=O)c1ccccc1F. The third-order valence-electron chi connectivity index (χ3n) is 4.14. The Morgan fingerprint density at radius 2 is 2.11 bits per heavy atom. The first-order valence-corrected chi connectivity index (χ1v) is 9.54. The first-order valence-electron chi connectivity index (χ1n) is 8.10. The Morgan fingerprint density at radius 1 is 1.44 bits per heavy atom. The van der Waals surface area contributed by atoms with Crippen molar-refractivity contribution < 1.29 is 27.1 Å². The smallest absolute Gasteiger partial charge is 0.324 e. The molecule has 0 saturated carbocycles. The third-order valence-corrected chi connectivity index (χ3v) is 6.08. The van der Waals surface area contributed by atoms with Crippen molar-refractivity contribution in [2.75, 3.05) is 13.2 Å². The number of halogens is 1. The number of nitrogens with one attached hydrogen (secondary N) is 1. The highest BCUT2D eigenvalue weighted by Gasteiger charge is 2.41. The van der Waals surface area contributed by atoms with E-state index in [1.807, 2.05) is 0 Å². The molecule has 1 fully saturated rings. The molecule has 27 heavy (non-hydrogen) atoms. The summed E-state index contributed by atoms with van der Waals surface area (Å²) in [4.78, 5) is 23.6. The molecule has 10 heteroatoms. The molecule has 2 atom stereocenters. The number of nitrogens with zero attached hydrogens (tertiary/aromatic N) is 2. The Labute approximate surface area is 156 Å². The zero-order valence-electron chi connectivity index (χ0n) is 14.5. The molecule has 8 nitrogen and oxygen atoms in total. The van der Waals surface area contributed by atoms with Crippen molar-refractivity contribution >= 4 is 27.5 Å². The summed E-state index contributed by atoms with van der Waals surface area (Å²) in [6, 6.07) is 5.31. The van der Waals surface area contributed by atoms with Gasteiger partial charge in [0.05, 0.1) is 6.07 Å². The maximum atomic E-state index is 13.9. The standard InChI is InChI=1S/C17H18FN3O5S/c1-11(20)12(9-19)15(22)10-26-17(23)14-6-4-8-21(14)27(24,25)16-7-3-2-5-13(16)18/h2-3,5,7,12,14,20H,4,6,8,10H2,1H3/t12?,14-/m0/s1. The van der Waals surface area contributed by atoms with Gasteiger partial charge in [-0.3, -0.25) is 9.59 Å². The molecule has 0 aromatic heterocycles. The minimum Gasteiger partial charge on any atom is -0.456 e. The fourth-order valence-electron chi connectivity index (χ4n) is 2.78. The summed E-state index contributed by atoms with van der Waals surface area (Å²) in [5, 5.41) is 16.2. The number of sulfonamides is 1. The lowest BCUT2D eigenvalue weighted by Gasteiger charge is -2.23. The molecule has 1 unspecified atom stereocenters. The minimum absolute atomic E-state index is 0.0187. The van der Waals surface area contributed by atoms with E-state index in [2.05, 4.69) is 0 Å². The quantitative estimate of drug-likeness (QED) is 0.547. The maximum Gasteiger partial charge on any atom is 0.324 e. The molecule has 2 rings (SSSR count). The highest BCUT2D eigenvalue weighted by molar-refractivity contribution is 7.89. The molecule has 1 heterocycles. The zero-order chi connectivity index (χ0) is 20.2. The predicted molar refractivity (Wildman–Crippen MR) is 91.8 cm³/mol. The van der Waals surface area contributed by atoms with Gasteiger partial charge in [0.2, 0.25) is 10.0 Å². The summed E-state index contributed by atoms with van der Waals surface area (Å²) in [6.45, 7) is 0.565. The molecule has 1 aliphatic rings. The number of ketones is 1. The number of ether oxygens (including phenoxy) is 1. The van der Waals surface area contributed by atoms with Crippen LogP contribution in [0.15, 0.2) is 29.2 Å². The molecule has 1 aliphatic heterocycles. The molecule has 0 aliphatic carbocycles. The Hall–Kier alpha value is -2.64. The topological polar surface area (TPSA) is 128 Å². The van der Waals surface area contributed by atoms with Crippen molar-refractivity contribution in [1.29, 1.82) is 10.7 Å². The molecule has 0 radical (unpaired) electrons. The molecular formula is C17H18FN3O5S. The van der Waals surface area contributed by atoms with Gasteiger partial charge in [0.1, 0.15) is 22.7 Å². The summed E-state index contributed by atoms with van der Waals surface area (Å²) in [6.07, 6.45) is 0.549. The highest BCUT2D eigenvalue weighted by Crippen LogP contribution is 2.28. The molecule has 0 bridgehead atoms. The highest BCUT2D eigenvalue weighted by atomic mass is 32.2. The zero-order valence-corrected chi connectivity index (χ0v) is 15.3. The van der Waals surface area contributed by atoms with Crippen molar-refractivity contribution in [3.8, 4) is 6.07 Å². The lowest BCUT2D eigenvalue weighted by molar-refractivity contribution is -0.151. The number of hydrogen-bond donors (Lipinski definition) is 1. The fourth-order valence-corrected chi connectivity index (χ4v) is 4.49. The van der Waals surface area contributed by atoms with Crippen LogP contribution >= 0.6 is 0 Å². The second-order valence-corrected chi connectivity index (χ2v) is 7.88. The Morgan fingerprint density at radius 3 is 2.70 bits per heavy atom. The van der Waals surface area contributed by atoms with Gasteiger partial charge in [-0.1, -0.05) is 12.1 Å². The van der Waals surface area contributed by atoms with E-state index in [9.17, 15) is 22.4 Å². The van der Waals surface area contributed by atoms with Gasteiger partial charge in [0.15, 0.2) is 12.4 Å². The Bertz CT molecular complexity index is 909. The Balaban J connectivity index is 2.13. The van der Waals surface area contributed by atoms with Gasteiger partial charge in [-0.15, -0.1) is 0 Å². The molecule has 0 amide bonds. The van der Waals surface area contributed by atoms with Crippen molar-refractivity contribution in [2.45, 2.75) is 30.7 Å². The van der Waals surface area contributed by atoms with E-state index >= 15 is 0 Å². The summed E-state index contributed by atoms with van der Waals surface area (Å²) >= 11 is 0. The molecule has 144 valence electrons. The van der Waals surface area contributed by atoms with E-state index in [4.69, 9.17) is 15.4 Å². The van der Waals surface area contributed by atoms with E-state index in [1.165, 1.54) is 19.1 Å². The normalized spacial score (nSPS) is 18.5. The van der Waals surface area contributed by atoms with Crippen LogP contribution in [-0.4, -0.2) is 49.4 Å². The number of Topliss-reactive ketones (excluding diaryl/α,β-unsaturated/α-hetero) is 1. The van der Waals surface area contributed by atoms with Crippen LogP contribution in [0.2, 0.25) is 0 Å². The van der Waals surface area contributed by atoms with Crippen LogP contribution in [0.1, 0.15) is 19.8 Å². The van der Waals surface area contributed by atoms with E-state index in [0.29, 0.717) is 6.42 Å². The number of carbonyl (C=O) groups is 2. The summed E-state index contributed by atoms with van der Waals surface area (Å²) in [5.41, 5.74) is -0.178. The molecule has 1 aromatic rings. The summed E-state index contributed by atoms with van der Waals surface area (Å²) in [5.74, 6) is -3.95. The number of nitriles is 1. The maximum absolute atomic E-state index is 13.9. The van der Waals surface area contributed by atoms with Crippen LogP contribution in [0.4, 0.5) is 4.39 Å². The lowest BCUT2D eigenvalue weighted by Crippen LogP contribution is -2.42. The first kappa shape index (κ1) is 20.7. The largest absolute Gasteiger partial charge is 0.456 e. The van der Waals surface area contributed by atoms with Crippen molar-refractivity contribution in [2.24, 2.45) is 5.92 Å². The van der Waals surface area contributed by atoms with Crippen LogP contribution in [0.3, 0.4) is 0 Å². The van der Waals surface area contributed by atoms with E-state index in [0.717, 1.165) is 16.4 Å². The molecule has 1 saturated heterocycles. The Kier molecular flexibility index (Phi) is 6.41. The first-order chi connectivity index (χ1) is 12.7. The summed E-state index contributed by atoms with van der Waals surface area (Å²) in [7, 11) is -4.25. The van der Waals surface area contributed by atoms with Gasteiger partial charge < -0.3 is 10.1 Å². The van der Waals surface area contributed by atoms with E-state index in [-0.39, 0.29) is 18.7 Å². The number of carbonyl (C=O) groups excluding carboxylic acids is 2. The molecular weight excluding hydrogens is 377 g/mol. The van der Waals surface area contributed by atoms with Gasteiger partial charge in [0, 0.05) is 12.3 Å². The van der Waals surface area contributed by atoms with Crippen LogP contribution < -0.4 is 0 Å². The van der Waals surface area contributed by atoms with E-state index in [1.54, 1.807) is 6.07 Å². The lowest BCUT2D eigenvalue weighted by atomic mass is 10.0. The summed E-state index contributed by atoms with van der Waals surface area (Å²) < 4.78 is 45.0. The second kappa shape index (κ2) is 8.37. The number of esters is 1. The molecule has 1 aromatic carbocycles.